The van der Waals surface area contributed by atoms with Gasteiger partial charge in [0, 0.05) is 22.7 Å². The van der Waals surface area contributed by atoms with E-state index in [0.29, 0.717) is 32.4 Å². The van der Waals surface area contributed by atoms with Crippen molar-refractivity contribution in [3.8, 4) is 11.6 Å². The van der Waals surface area contributed by atoms with Crippen LogP contribution in [0.2, 0.25) is 15.1 Å². The molecule has 0 atom stereocenters. The van der Waals surface area contributed by atoms with Crippen molar-refractivity contribution < 1.29 is 4.74 Å². The summed E-state index contributed by atoms with van der Waals surface area (Å²) in [6.07, 6.45) is 0. The van der Waals surface area contributed by atoms with E-state index in [-0.39, 0.29) is 6.54 Å². The summed E-state index contributed by atoms with van der Waals surface area (Å²) in [5.41, 5.74) is 6.09. The largest absolute Gasteiger partial charge is 0.439 e. The lowest BCUT2D eigenvalue weighted by molar-refractivity contribution is 0.461. The average Bonchev–Trinajstić information content (AvgIpc) is 2.30. The Labute approximate surface area is 119 Å². The van der Waals surface area contributed by atoms with Crippen molar-refractivity contribution >= 4 is 34.8 Å². The van der Waals surface area contributed by atoms with Crippen LogP contribution in [0.1, 0.15) is 5.69 Å². The second-order valence-electron chi connectivity index (χ2n) is 3.49. The molecule has 1 heterocycles. The molecule has 6 heteroatoms. The molecule has 0 unspecified atom stereocenters. The zero-order valence-corrected chi connectivity index (χ0v) is 11.4. The third-order valence-corrected chi connectivity index (χ3v) is 2.93. The maximum Gasteiger partial charge on any atom is 0.219 e. The summed E-state index contributed by atoms with van der Waals surface area (Å²) < 4.78 is 5.54. The Morgan fingerprint density at radius 2 is 1.72 bits per heavy atom. The highest BCUT2D eigenvalue weighted by Gasteiger charge is 2.05. The van der Waals surface area contributed by atoms with E-state index in [2.05, 4.69) is 4.98 Å². The van der Waals surface area contributed by atoms with Gasteiger partial charge >= 0.3 is 0 Å². The quantitative estimate of drug-likeness (QED) is 0.920. The molecular weight excluding hydrogens is 295 g/mol. The Bertz CT molecular complexity index is 555. The van der Waals surface area contributed by atoms with Crippen molar-refractivity contribution in [1.29, 1.82) is 0 Å². The van der Waals surface area contributed by atoms with E-state index >= 15 is 0 Å². The molecule has 0 saturated carbocycles. The van der Waals surface area contributed by atoms with Crippen LogP contribution < -0.4 is 10.5 Å². The highest BCUT2D eigenvalue weighted by atomic mass is 35.5. The zero-order chi connectivity index (χ0) is 13.1. The Morgan fingerprint density at radius 3 is 2.33 bits per heavy atom. The van der Waals surface area contributed by atoms with Crippen LogP contribution in [-0.4, -0.2) is 4.98 Å². The molecule has 1 aromatic heterocycles. The Balaban J connectivity index is 2.28. The molecule has 2 N–H and O–H groups in total. The summed E-state index contributed by atoms with van der Waals surface area (Å²) in [5, 5.41) is 1.49. The molecule has 0 spiro atoms. The smallest absolute Gasteiger partial charge is 0.219 e. The van der Waals surface area contributed by atoms with Crippen LogP contribution in [0.4, 0.5) is 0 Å². The van der Waals surface area contributed by atoms with Gasteiger partial charge in [-0.05, 0) is 24.3 Å². The standard InChI is InChI=1S/C12H9Cl3N2O/c13-7-3-8(14)5-9(4-7)18-12-2-1-10(15)11(6-16)17-12/h1-5H,6,16H2. The van der Waals surface area contributed by atoms with Gasteiger partial charge < -0.3 is 10.5 Å². The van der Waals surface area contributed by atoms with Gasteiger partial charge in [0.05, 0.1) is 10.7 Å². The van der Waals surface area contributed by atoms with E-state index in [9.17, 15) is 0 Å². The topological polar surface area (TPSA) is 48.1 Å². The summed E-state index contributed by atoms with van der Waals surface area (Å²) >= 11 is 17.7. The molecule has 0 aliphatic heterocycles. The summed E-state index contributed by atoms with van der Waals surface area (Å²) in [5.74, 6) is 0.892. The molecular formula is C12H9Cl3N2O. The molecule has 0 aliphatic rings. The third kappa shape index (κ3) is 3.27. The zero-order valence-electron chi connectivity index (χ0n) is 9.16. The van der Waals surface area contributed by atoms with Gasteiger partial charge in [-0.2, -0.15) is 0 Å². The monoisotopic (exact) mass is 302 g/mol. The van der Waals surface area contributed by atoms with Crippen LogP contribution in [0.25, 0.3) is 0 Å². The van der Waals surface area contributed by atoms with Gasteiger partial charge in [0.25, 0.3) is 0 Å². The molecule has 1 aromatic carbocycles. The van der Waals surface area contributed by atoms with Crippen LogP contribution in [0.5, 0.6) is 11.6 Å². The van der Waals surface area contributed by atoms with Crippen molar-refractivity contribution in [2.45, 2.75) is 6.54 Å². The summed E-state index contributed by atoms with van der Waals surface area (Å²) in [7, 11) is 0. The molecule has 18 heavy (non-hydrogen) atoms. The first-order chi connectivity index (χ1) is 8.58. The minimum absolute atomic E-state index is 0.242. The summed E-state index contributed by atoms with van der Waals surface area (Å²) in [4.78, 5) is 4.18. The van der Waals surface area contributed by atoms with E-state index in [4.69, 9.17) is 45.3 Å². The first-order valence-electron chi connectivity index (χ1n) is 5.08. The number of aromatic nitrogens is 1. The number of hydrogen-bond donors (Lipinski definition) is 1. The van der Waals surface area contributed by atoms with E-state index in [1.165, 1.54) is 0 Å². The number of nitrogens with zero attached hydrogens (tertiary/aromatic N) is 1. The van der Waals surface area contributed by atoms with Crippen LogP contribution >= 0.6 is 34.8 Å². The van der Waals surface area contributed by atoms with E-state index in [0.717, 1.165) is 0 Å². The predicted molar refractivity (Wildman–Crippen MR) is 73.7 cm³/mol. The predicted octanol–water partition coefficient (Wildman–Crippen LogP) is 4.29. The Kier molecular flexibility index (Phi) is 4.30. The first-order valence-corrected chi connectivity index (χ1v) is 6.21. The van der Waals surface area contributed by atoms with Gasteiger partial charge in [0.1, 0.15) is 5.75 Å². The number of halogens is 3. The molecule has 0 fully saturated rings. The van der Waals surface area contributed by atoms with Crippen LogP contribution in [0, 0.1) is 0 Å². The maximum absolute atomic E-state index is 5.91. The van der Waals surface area contributed by atoms with Gasteiger partial charge in [-0.3, -0.25) is 0 Å². The minimum Gasteiger partial charge on any atom is -0.439 e. The van der Waals surface area contributed by atoms with Crippen molar-refractivity contribution in [2.24, 2.45) is 5.73 Å². The first kappa shape index (κ1) is 13.4. The van der Waals surface area contributed by atoms with Crippen molar-refractivity contribution in [1.82, 2.24) is 4.98 Å². The second kappa shape index (κ2) is 5.76. The molecule has 2 rings (SSSR count). The Morgan fingerprint density at radius 1 is 1.06 bits per heavy atom. The molecule has 94 valence electrons. The highest BCUT2D eigenvalue weighted by Crippen LogP contribution is 2.28. The molecule has 0 saturated heterocycles. The fraction of sp³-hybridized carbons (Fsp3) is 0.0833. The summed E-state index contributed by atoms with van der Waals surface area (Å²) in [6, 6.07) is 8.24. The summed E-state index contributed by atoms with van der Waals surface area (Å²) in [6.45, 7) is 0.242. The maximum atomic E-state index is 5.91. The van der Waals surface area contributed by atoms with Gasteiger partial charge in [-0.15, -0.1) is 0 Å². The normalized spacial score (nSPS) is 10.4. The number of ether oxygens (including phenoxy) is 1. The lowest BCUT2D eigenvalue weighted by atomic mass is 10.3. The number of nitrogens with two attached hydrogens (primary N) is 1. The SMILES string of the molecule is NCc1nc(Oc2cc(Cl)cc(Cl)c2)ccc1Cl. The molecule has 0 aliphatic carbocycles. The number of pyridine rings is 1. The fourth-order valence-corrected chi connectivity index (χ4v) is 2.06. The van der Waals surface area contributed by atoms with Gasteiger partial charge in [0.2, 0.25) is 5.88 Å². The van der Waals surface area contributed by atoms with Crippen LogP contribution in [-0.2, 0) is 6.54 Å². The van der Waals surface area contributed by atoms with E-state index in [1.54, 1.807) is 30.3 Å². The highest BCUT2D eigenvalue weighted by molar-refractivity contribution is 6.34. The number of benzene rings is 1. The number of rotatable bonds is 3. The Hall–Kier alpha value is -1.000. The molecule has 3 nitrogen and oxygen atoms in total. The minimum atomic E-state index is 0.242. The van der Waals surface area contributed by atoms with Gasteiger partial charge in [-0.1, -0.05) is 34.8 Å². The van der Waals surface area contributed by atoms with Gasteiger partial charge in [0.15, 0.2) is 0 Å². The fourth-order valence-electron chi connectivity index (χ4n) is 1.37. The van der Waals surface area contributed by atoms with Crippen molar-refractivity contribution in [2.75, 3.05) is 0 Å². The van der Waals surface area contributed by atoms with Crippen LogP contribution in [0.15, 0.2) is 30.3 Å². The lowest BCUT2D eigenvalue weighted by Crippen LogP contribution is -2.01. The molecule has 0 radical (unpaired) electrons. The van der Waals surface area contributed by atoms with E-state index < -0.39 is 0 Å². The molecule has 2 aromatic rings. The average molecular weight is 304 g/mol. The number of hydrogen-bond acceptors (Lipinski definition) is 3. The second-order valence-corrected chi connectivity index (χ2v) is 4.77. The van der Waals surface area contributed by atoms with Crippen molar-refractivity contribution in [3.05, 3.63) is 51.1 Å². The molecule has 0 amide bonds. The third-order valence-electron chi connectivity index (χ3n) is 2.14. The van der Waals surface area contributed by atoms with Crippen molar-refractivity contribution in [3.63, 3.8) is 0 Å². The lowest BCUT2D eigenvalue weighted by Gasteiger charge is -2.07. The van der Waals surface area contributed by atoms with E-state index in [1.807, 2.05) is 0 Å². The van der Waals surface area contributed by atoms with Crippen LogP contribution in [0.3, 0.4) is 0 Å². The molecule has 0 bridgehead atoms. The van der Waals surface area contributed by atoms with Gasteiger partial charge in [-0.25, -0.2) is 4.98 Å².